The largest absolute Gasteiger partial charge is 0.441 e. The van der Waals surface area contributed by atoms with Gasteiger partial charge in [-0.3, -0.25) is 19.4 Å². The molecule has 218 valence electrons. The lowest BCUT2D eigenvalue weighted by Crippen LogP contribution is -2.30. The first kappa shape index (κ1) is 29.4. The van der Waals surface area contributed by atoms with Crippen LogP contribution in [0.3, 0.4) is 0 Å². The molecule has 2 amide bonds. The van der Waals surface area contributed by atoms with Crippen LogP contribution < -0.4 is 0 Å². The number of carbonyl (C=O) groups excluding carboxylic acids is 2. The van der Waals surface area contributed by atoms with Gasteiger partial charge in [0.25, 0.3) is 11.8 Å². The third-order valence-corrected chi connectivity index (χ3v) is 7.97. The molecule has 1 aliphatic rings. The maximum atomic E-state index is 12.5. The fourth-order valence-corrected chi connectivity index (χ4v) is 5.64. The minimum atomic E-state index is -1.47. The number of hydrogen-bond donors (Lipinski definition) is 1. The van der Waals surface area contributed by atoms with E-state index in [1.165, 1.54) is 4.90 Å². The zero-order valence-corrected chi connectivity index (χ0v) is 24.2. The van der Waals surface area contributed by atoms with Crippen LogP contribution in [0.25, 0.3) is 0 Å². The number of nitrogens with zero attached hydrogens (tertiary/aromatic N) is 3. The SMILES string of the molecule is CN(CCCCCCCCCN1C(=O)c2ccccc2C1=O)Cc1cnc(C(O)(c2ccccc2)c2ccccc2)o1. The van der Waals surface area contributed by atoms with E-state index in [1.54, 1.807) is 30.5 Å². The second kappa shape index (κ2) is 13.7. The van der Waals surface area contributed by atoms with Gasteiger partial charge >= 0.3 is 0 Å². The first-order valence-electron chi connectivity index (χ1n) is 14.9. The lowest BCUT2D eigenvalue weighted by molar-refractivity contribution is 0.0651. The van der Waals surface area contributed by atoms with Gasteiger partial charge in [-0.25, -0.2) is 4.98 Å². The van der Waals surface area contributed by atoms with Gasteiger partial charge in [0.15, 0.2) is 5.60 Å². The normalized spacial score (nSPS) is 13.3. The molecular weight excluding hydrogens is 526 g/mol. The van der Waals surface area contributed by atoms with Gasteiger partial charge in [0.2, 0.25) is 5.89 Å². The molecule has 0 aliphatic carbocycles. The summed E-state index contributed by atoms with van der Waals surface area (Å²) in [5, 5.41) is 11.9. The Bertz CT molecular complexity index is 1390. The van der Waals surface area contributed by atoms with Crippen LogP contribution in [0.15, 0.2) is 95.5 Å². The molecule has 5 rings (SSSR count). The smallest absolute Gasteiger partial charge is 0.261 e. The second-order valence-corrected chi connectivity index (χ2v) is 11.1. The maximum Gasteiger partial charge on any atom is 0.261 e. The van der Waals surface area contributed by atoms with Crippen LogP contribution in [0.1, 0.15) is 88.4 Å². The minimum Gasteiger partial charge on any atom is -0.441 e. The molecule has 7 heteroatoms. The van der Waals surface area contributed by atoms with Crippen LogP contribution in [0.4, 0.5) is 0 Å². The van der Waals surface area contributed by atoms with Crippen LogP contribution in [0.2, 0.25) is 0 Å². The number of hydrogen-bond acceptors (Lipinski definition) is 6. The number of fused-ring (bicyclic) bond motifs is 1. The summed E-state index contributed by atoms with van der Waals surface area (Å²) in [5.74, 6) is 0.663. The van der Waals surface area contributed by atoms with Crippen molar-refractivity contribution in [3.63, 3.8) is 0 Å². The van der Waals surface area contributed by atoms with E-state index in [0.717, 1.165) is 57.3 Å². The predicted molar refractivity (Wildman–Crippen MR) is 162 cm³/mol. The van der Waals surface area contributed by atoms with Crippen LogP contribution in [-0.4, -0.2) is 51.8 Å². The molecule has 1 aromatic heterocycles. The fraction of sp³-hybridized carbons (Fsp3) is 0.343. The van der Waals surface area contributed by atoms with Crippen LogP contribution in [0.5, 0.6) is 0 Å². The fourth-order valence-electron chi connectivity index (χ4n) is 5.64. The lowest BCUT2D eigenvalue weighted by Gasteiger charge is -2.26. The number of rotatable bonds is 15. The number of aromatic nitrogens is 1. The van der Waals surface area contributed by atoms with Gasteiger partial charge in [-0.1, -0.05) is 105 Å². The number of unbranched alkanes of at least 4 members (excludes halogenated alkanes) is 6. The third kappa shape index (κ3) is 6.53. The van der Waals surface area contributed by atoms with Gasteiger partial charge < -0.3 is 9.52 Å². The van der Waals surface area contributed by atoms with Crippen molar-refractivity contribution in [2.24, 2.45) is 0 Å². The van der Waals surface area contributed by atoms with Crippen molar-refractivity contribution in [2.45, 2.75) is 57.1 Å². The molecular formula is C35H39N3O4. The molecule has 0 saturated heterocycles. The van der Waals surface area contributed by atoms with E-state index < -0.39 is 5.60 Å². The Hall–Kier alpha value is -4.07. The molecule has 0 saturated carbocycles. The highest BCUT2D eigenvalue weighted by atomic mass is 16.4. The van der Waals surface area contributed by atoms with Crippen molar-refractivity contribution in [2.75, 3.05) is 20.1 Å². The average molecular weight is 566 g/mol. The van der Waals surface area contributed by atoms with Crippen molar-refractivity contribution in [1.29, 1.82) is 0 Å². The minimum absolute atomic E-state index is 0.163. The Labute approximate surface area is 247 Å². The van der Waals surface area contributed by atoms with Gasteiger partial charge in [0.05, 0.1) is 23.9 Å². The van der Waals surface area contributed by atoms with Crippen molar-refractivity contribution in [1.82, 2.24) is 14.8 Å². The quantitative estimate of drug-likeness (QED) is 0.132. The summed E-state index contributed by atoms with van der Waals surface area (Å²) < 4.78 is 6.13. The molecule has 0 bridgehead atoms. The van der Waals surface area contributed by atoms with Gasteiger partial charge in [-0.15, -0.1) is 0 Å². The second-order valence-electron chi connectivity index (χ2n) is 11.1. The summed E-state index contributed by atoms with van der Waals surface area (Å²) in [7, 11) is 2.07. The van der Waals surface area contributed by atoms with Gasteiger partial charge in [0, 0.05) is 6.54 Å². The Morgan fingerprint density at radius 3 is 1.81 bits per heavy atom. The summed E-state index contributed by atoms with van der Waals surface area (Å²) in [4.78, 5) is 33.0. The molecule has 3 aromatic carbocycles. The Balaban J connectivity index is 1.01. The number of carbonyl (C=O) groups is 2. The highest BCUT2D eigenvalue weighted by Crippen LogP contribution is 2.36. The van der Waals surface area contributed by atoms with E-state index in [2.05, 4.69) is 16.9 Å². The summed E-state index contributed by atoms with van der Waals surface area (Å²) in [6.45, 7) is 2.05. The molecule has 0 radical (unpaired) electrons. The van der Waals surface area contributed by atoms with E-state index in [9.17, 15) is 14.7 Å². The summed E-state index contributed by atoms with van der Waals surface area (Å²) in [6, 6.07) is 26.1. The zero-order chi connectivity index (χ0) is 29.4. The summed E-state index contributed by atoms with van der Waals surface area (Å²) in [5.41, 5.74) is 1.00. The highest BCUT2D eigenvalue weighted by molar-refractivity contribution is 6.21. The number of benzene rings is 3. The molecule has 0 spiro atoms. The molecule has 2 heterocycles. The van der Waals surface area contributed by atoms with E-state index >= 15 is 0 Å². The van der Waals surface area contributed by atoms with E-state index in [0.29, 0.717) is 35.3 Å². The Kier molecular flexibility index (Phi) is 9.62. The molecule has 0 unspecified atom stereocenters. The third-order valence-electron chi connectivity index (χ3n) is 7.97. The molecule has 0 atom stereocenters. The summed E-state index contributed by atoms with van der Waals surface area (Å²) >= 11 is 0. The van der Waals surface area contributed by atoms with Crippen LogP contribution >= 0.6 is 0 Å². The predicted octanol–water partition coefficient (Wildman–Crippen LogP) is 6.42. The summed E-state index contributed by atoms with van der Waals surface area (Å²) in [6.07, 6.45) is 9.22. The Morgan fingerprint density at radius 1 is 0.738 bits per heavy atom. The average Bonchev–Trinajstić information content (AvgIpc) is 3.59. The Morgan fingerprint density at radius 2 is 1.24 bits per heavy atom. The van der Waals surface area contributed by atoms with Gasteiger partial charge in [0.1, 0.15) is 5.76 Å². The maximum absolute atomic E-state index is 12.5. The lowest BCUT2D eigenvalue weighted by atomic mass is 9.86. The number of imide groups is 1. The van der Waals surface area contributed by atoms with Gasteiger partial charge in [-0.2, -0.15) is 0 Å². The molecule has 1 N–H and O–H groups in total. The van der Waals surface area contributed by atoms with Crippen molar-refractivity contribution >= 4 is 11.8 Å². The monoisotopic (exact) mass is 565 g/mol. The van der Waals surface area contributed by atoms with Crippen molar-refractivity contribution in [3.8, 4) is 0 Å². The van der Waals surface area contributed by atoms with Crippen LogP contribution in [-0.2, 0) is 12.1 Å². The number of oxazole rings is 1. The topological polar surface area (TPSA) is 86.9 Å². The van der Waals surface area contributed by atoms with Crippen molar-refractivity contribution < 1.29 is 19.1 Å². The number of aliphatic hydroxyl groups is 1. The standard InChI is InChI=1S/C35H39N3O4/c1-37(23-15-5-3-2-4-6-16-24-38-32(39)30-21-13-14-22-31(30)33(38)40)26-29-25-36-34(42-29)35(41,27-17-9-7-10-18-27)28-19-11-8-12-20-28/h7-14,17-22,25,41H,2-6,15-16,23-24,26H2,1H3. The molecule has 7 nitrogen and oxygen atoms in total. The zero-order valence-electron chi connectivity index (χ0n) is 24.2. The van der Waals surface area contributed by atoms with Gasteiger partial charge in [-0.05, 0) is 49.7 Å². The molecule has 42 heavy (non-hydrogen) atoms. The number of amides is 2. The van der Waals surface area contributed by atoms with E-state index in [4.69, 9.17) is 4.42 Å². The molecule has 1 aliphatic heterocycles. The highest BCUT2D eigenvalue weighted by Gasteiger charge is 2.39. The van der Waals surface area contributed by atoms with Crippen LogP contribution in [0, 0.1) is 0 Å². The molecule has 4 aromatic rings. The van der Waals surface area contributed by atoms with E-state index in [1.807, 2.05) is 60.7 Å². The van der Waals surface area contributed by atoms with Crippen molar-refractivity contribution in [3.05, 3.63) is 125 Å². The first-order valence-corrected chi connectivity index (χ1v) is 14.9. The first-order chi connectivity index (χ1) is 20.5. The van der Waals surface area contributed by atoms with E-state index in [-0.39, 0.29) is 17.7 Å². The molecule has 0 fully saturated rings.